The van der Waals surface area contributed by atoms with Gasteiger partial charge in [-0.15, -0.1) is 0 Å². The zero-order chi connectivity index (χ0) is 18.8. The molecule has 3 aromatic heterocycles. The molecule has 0 aromatic carbocycles. The zero-order valence-electron chi connectivity index (χ0n) is 15.1. The molecule has 1 aliphatic rings. The Hall–Kier alpha value is -2.41. The van der Waals surface area contributed by atoms with Crippen LogP contribution in [-0.2, 0) is 22.5 Å². The molecule has 140 valence electrons. The average Bonchev–Trinajstić information content (AvgIpc) is 3.40. The molecule has 27 heavy (non-hydrogen) atoms. The Morgan fingerprint density at radius 1 is 1.37 bits per heavy atom. The van der Waals surface area contributed by atoms with E-state index < -0.39 is 0 Å². The number of nitrogens with one attached hydrogen (secondary N) is 1. The van der Waals surface area contributed by atoms with E-state index in [1.54, 1.807) is 6.20 Å². The minimum Gasteiger partial charge on any atom is -0.466 e. The Morgan fingerprint density at radius 2 is 2.22 bits per heavy atom. The summed E-state index contributed by atoms with van der Waals surface area (Å²) in [6.45, 7) is 2.81. The van der Waals surface area contributed by atoms with Crippen molar-refractivity contribution in [2.45, 2.75) is 38.6 Å². The highest BCUT2D eigenvalue weighted by Crippen LogP contribution is 2.40. The molecular formula is C20H21BrN4O2. The van der Waals surface area contributed by atoms with Gasteiger partial charge in [-0.05, 0) is 65.4 Å². The van der Waals surface area contributed by atoms with Crippen LogP contribution in [0.25, 0.3) is 5.65 Å². The molecule has 1 aliphatic carbocycles. The van der Waals surface area contributed by atoms with Crippen LogP contribution in [-0.4, -0.2) is 26.9 Å². The minimum absolute atomic E-state index is 0.211. The number of hydrogen-bond acceptors (Lipinski definition) is 5. The monoisotopic (exact) mass is 428 g/mol. The largest absolute Gasteiger partial charge is 0.466 e. The lowest BCUT2D eigenvalue weighted by Crippen LogP contribution is -2.09. The van der Waals surface area contributed by atoms with Crippen molar-refractivity contribution in [2.75, 3.05) is 11.9 Å². The van der Waals surface area contributed by atoms with Gasteiger partial charge < -0.3 is 14.5 Å². The summed E-state index contributed by atoms with van der Waals surface area (Å²) >= 11 is 3.37. The first-order valence-electron chi connectivity index (χ1n) is 9.14. The van der Waals surface area contributed by atoms with E-state index in [4.69, 9.17) is 9.72 Å². The topological polar surface area (TPSA) is 68.5 Å². The molecule has 3 aromatic rings. The van der Waals surface area contributed by atoms with E-state index in [1.807, 2.05) is 29.7 Å². The van der Waals surface area contributed by atoms with Crippen molar-refractivity contribution >= 4 is 33.2 Å². The van der Waals surface area contributed by atoms with Gasteiger partial charge in [-0.25, -0.2) is 9.97 Å². The lowest BCUT2D eigenvalue weighted by molar-refractivity contribution is -0.142. The maximum absolute atomic E-state index is 12.0. The third kappa shape index (κ3) is 4.30. The van der Waals surface area contributed by atoms with Gasteiger partial charge in [-0.3, -0.25) is 4.79 Å². The van der Waals surface area contributed by atoms with Crippen LogP contribution in [0.5, 0.6) is 0 Å². The van der Waals surface area contributed by atoms with Crippen LogP contribution >= 0.6 is 15.9 Å². The molecule has 0 saturated heterocycles. The lowest BCUT2D eigenvalue weighted by Gasteiger charge is -2.07. The molecule has 0 unspecified atom stereocenters. The smallest absolute Gasteiger partial charge is 0.310 e. The van der Waals surface area contributed by atoms with Gasteiger partial charge >= 0.3 is 5.97 Å². The number of esters is 1. The van der Waals surface area contributed by atoms with E-state index in [1.165, 1.54) is 18.4 Å². The number of halogens is 1. The van der Waals surface area contributed by atoms with E-state index in [-0.39, 0.29) is 12.4 Å². The summed E-state index contributed by atoms with van der Waals surface area (Å²) in [5.41, 5.74) is 4.91. The van der Waals surface area contributed by atoms with Crippen LogP contribution in [0.4, 0.5) is 5.69 Å². The number of pyridine rings is 2. The third-order valence-electron chi connectivity index (χ3n) is 4.59. The minimum atomic E-state index is -0.211. The maximum atomic E-state index is 12.0. The van der Waals surface area contributed by atoms with E-state index in [0.717, 1.165) is 27.2 Å². The molecule has 7 heteroatoms. The molecule has 3 heterocycles. The van der Waals surface area contributed by atoms with Crippen molar-refractivity contribution in [1.82, 2.24) is 14.4 Å². The van der Waals surface area contributed by atoms with E-state index in [2.05, 4.69) is 38.5 Å². The number of carbonyl (C=O) groups is 1. The summed E-state index contributed by atoms with van der Waals surface area (Å²) in [5, 5.41) is 3.36. The van der Waals surface area contributed by atoms with Crippen molar-refractivity contribution in [3.8, 4) is 0 Å². The number of imidazole rings is 1. The number of hydrogen-bond donors (Lipinski definition) is 1. The second-order valence-electron chi connectivity index (χ2n) is 6.74. The number of rotatable bonds is 7. The first-order chi connectivity index (χ1) is 13.1. The van der Waals surface area contributed by atoms with Crippen molar-refractivity contribution in [2.24, 2.45) is 0 Å². The molecule has 0 aliphatic heterocycles. The number of aromatic nitrogens is 3. The van der Waals surface area contributed by atoms with Crippen LogP contribution in [0.1, 0.15) is 42.5 Å². The summed E-state index contributed by atoms with van der Waals surface area (Å²) in [4.78, 5) is 20.9. The summed E-state index contributed by atoms with van der Waals surface area (Å²) in [6, 6.07) is 5.96. The molecule has 4 rings (SSSR count). The average molecular weight is 429 g/mol. The highest BCUT2D eigenvalue weighted by atomic mass is 79.9. The third-order valence-corrected chi connectivity index (χ3v) is 5.02. The lowest BCUT2D eigenvalue weighted by atomic mass is 10.1. The van der Waals surface area contributed by atoms with Crippen LogP contribution in [0, 0.1) is 0 Å². The van der Waals surface area contributed by atoms with Crippen molar-refractivity contribution in [3.63, 3.8) is 0 Å². The molecule has 0 bridgehead atoms. The second-order valence-corrected chi connectivity index (χ2v) is 7.55. The van der Waals surface area contributed by atoms with Gasteiger partial charge in [0, 0.05) is 29.8 Å². The summed E-state index contributed by atoms with van der Waals surface area (Å²) in [6.07, 6.45) is 8.59. The predicted molar refractivity (Wildman–Crippen MR) is 107 cm³/mol. The Balaban J connectivity index is 1.60. The van der Waals surface area contributed by atoms with Crippen LogP contribution in [0.2, 0.25) is 0 Å². The highest BCUT2D eigenvalue weighted by molar-refractivity contribution is 9.10. The van der Waals surface area contributed by atoms with Gasteiger partial charge in [0.05, 0.1) is 25.3 Å². The molecular weight excluding hydrogens is 408 g/mol. The normalized spacial score (nSPS) is 13.7. The van der Waals surface area contributed by atoms with Crippen molar-refractivity contribution in [1.29, 1.82) is 0 Å². The Morgan fingerprint density at radius 3 is 2.96 bits per heavy atom. The Labute approximate surface area is 166 Å². The zero-order valence-corrected chi connectivity index (χ0v) is 16.7. The first kappa shape index (κ1) is 18.0. The van der Waals surface area contributed by atoms with E-state index >= 15 is 0 Å². The molecule has 0 radical (unpaired) electrons. The van der Waals surface area contributed by atoms with E-state index in [9.17, 15) is 4.79 Å². The Bertz CT molecular complexity index is 981. The van der Waals surface area contributed by atoms with Crippen molar-refractivity contribution in [3.05, 3.63) is 58.2 Å². The van der Waals surface area contributed by atoms with Crippen LogP contribution in [0.3, 0.4) is 0 Å². The van der Waals surface area contributed by atoms with Gasteiger partial charge in [0.2, 0.25) is 0 Å². The SMILES string of the molecule is CCOC(=O)Cc1cc(C2CC2)cn2cc(CNc3ccnc(Br)c3)nc12. The standard InChI is InChI=1S/C20H21BrN4O2/c1-2-27-19(26)8-14-7-15(13-3-4-13)11-25-12-17(24-20(14)25)10-23-16-5-6-22-18(21)9-16/h5-7,9,11-13H,2-4,8,10H2,1H3,(H,22,23). The fraction of sp³-hybridized carbons (Fsp3) is 0.350. The van der Waals surface area contributed by atoms with Gasteiger partial charge in [0.25, 0.3) is 0 Å². The quantitative estimate of drug-likeness (QED) is 0.453. The summed E-state index contributed by atoms with van der Waals surface area (Å²) in [7, 11) is 0. The van der Waals surface area contributed by atoms with Crippen LogP contribution in [0.15, 0.2) is 41.4 Å². The summed E-state index contributed by atoms with van der Waals surface area (Å²) < 4.78 is 7.96. The number of ether oxygens (including phenoxy) is 1. The van der Waals surface area contributed by atoms with Gasteiger partial charge in [-0.1, -0.05) is 0 Å². The molecule has 0 atom stereocenters. The fourth-order valence-electron chi connectivity index (χ4n) is 3.17. The predicted octanol–water partition coefficient (Wildman–Crippen LogP) is 4.09. The molecule has 6 nitrogen and oxygen atoms in total. The number of anilines is 1. The molecule has 0 spiro atoms. The number of nitrogens with zero attached hydrogens (tertiary/aromatic N) is 3. The van der Waals surface area contributed by atoms with E-state index in [0.29, 0.717) is 19.1 Å². The first-order valence-corrected chi connectivity index (χ1v) is 9.93. The van der Waals surface area contributed by atoms with Crippen LogP contribution < -0.4 is 5.32 Å². The van der Waals surface area contributed by atoms with Gasteiger partial charge in [0.1, 0.15) is 10.3 Å². The summed E-state index contributed by atoms with van der Waals surface area (Å²) in [5.74, 6) is 0.394. The molecule has 0 amide bonds. The molecule has 1 fully saturated rings. The van der Waals surface area contributed by atoms with Gasteiger partial charge in [0.15, 0.2) is 0 Å². The number of fused-ring (bicyclic) bond motifs is 1. The molecule has 1 N–H and O–H groups in total. The second kappa shape index (κ2) is 7.68. The van der Waals surface area contributed by atoms with Gasteiger partial charge in [-0.2, -0.15) is 0 Å². The fourth-order valence-corrected chi connectivity index (χ4v) is 3.54. The molecule has 1 saturated carbocycles. The Kier molecular flexibility index (Phi) is 5.11. The maximum Gasteiger partial charge on any atom is 0.310 e. The van der Waals surface area contributed by atoms with Crippen molar-refractivity contribution < 1.29 is 9.53 Å². The highest BCUT2D eigenvalue weighted by Gasteiger charge is 2.25. The number of carbonyl (C=O) groups excluding carboxylic acids is 1.